The number of rotatable bonds is 5. The molecule has 1 aromatic heterocycles. The molecule has 0 spiro atoms. The Labute approximate surface area is 146 Å². The molecule has 1 unspecified atom stereocenters. The van der Waals surface area contributed by atoms with Crippen molar-refractivity contribution in [1.82, 2.24) is 4.98 Å². The summed E-state index contributed by atoms with van der Waals surface area (Å²) in [6.45, 7) is 1.75. The van der Waals surface area contributed by atoms with Gasteiger partial charge >= 0.3 is 5.97 Å². The van der Waals surface area contributed by atoms with E-state index in [0.717, 1.165) is 37.3 Å². The summed E-state index contributed by atoms with van der Waals surface area (Å²) in [5.41, 5.74) is 1.45. The van der Waals surface area contributed by atoms with Crippen LogP contribution in [0.15, 0.2) is 36.4 Å². The number of hydrogen-bond donors (Lipinski definition) is 0. The van der Waals surface area contributed by atoms with Gasteiger partial charge in [0.2, 0.25) is 5.88 Å². The molecule has 0 radical (unpaired) electrons. The van der Waals surface area contributed by atoms with Gasteiger partial charge in [-0.05, 0) is 48.6 Å². The Morgan fingerprint density at radius 1 is 1.24 bits per heavy atom. The van der Waals surface area contributed by atoms with E-state index in [9.17, 15) is 9.18 Å². The van der Waals surface area contributed by atoms with E-state index < -0.39 is 5.97 Å². The van der Waals surface area contributed by atoms with Crippen molar-refractivity contribution in [2.45, 2.75) is 12.8 Å². The summed E-state index contributed by atoms with van der Waals surface area (Å²) < 4.78 is 23.0. The van der Waals surface area contributed by atoms with Gasteiger partial charge in [0.25, 0.3) is 0 Å². The molecule has 2 heterocycles. The quantitative estimate of drug-likeness (QED) is 0.780. The van der Waals surface area contributed by atoms with Crippen LogP contribution in [0, 0.1) is 11.7 Å². The molecule has 1 aromatic carbocycles. The van der Waals surface area contributed by atoms with Crippen molar-refractivity contribution >= 4 is 11.8 Å². The van der Waals surface area contributed by atoms with Crippen molar-refractivity contribution in [1.29, 1.82) is 0 Å². The first kappa shape index (κ1) is 17.2. The van der Waals surface area contributed by atoms with E-state index in [-0.39, 0.29) is 11.7 Å². The second-order valence-corrected chi connectivity index (χ2v) is 6.15. The van der Waals surface area contributed by atoms with Gasteiger partial charge in [0.1, 0.15) is 17.2 Å². The number of aromatic nitrogens is 1. The molecule has 0 saturated carbocycles. The lowest BCUT2D eigenvalue weighted by atomic mass is 9.99. The number of anilines is 1. The van der Waals surface area contributed by atoms with Crippen LogP contribution in [0.1, 0.15) is 22.3 Å². The predicted octanol–water partition coefficient (Wildman–Crippen LogP) is 3.08. The van der Waals surface area contributed by atoms with E-state index in [1.165, 1.54) is 26.4 Å². The molecule has 1 aliphatic heterocycles. The predicted molar refractivity (Wildman–Crippen MR) is 92.6 cm³/mol. The van der Waals surface area contributed by atoms with Gasteiger partial charge in [-0.3, -0.25) is 0 Å². The summed E-state index contributed by atoms with van der Waals surface area (Å²) >= 11 is 0. The summed E-state index contributed by atoms with van der Waals surface area (Å²) in [7, 11) is 2.82. The fourth-order valence-electron chi connectivity index (χ4n) is 3.19. The average Bonchev–Trinajstić information content (AvgIpc) is 3.11. The number of hydrogen-bond acceptors (Lipinski definition) is 5. The first-order chi connectivity index (χ1) is 12.1. The Balaban J connectivity index is 1.69. The van der Waals surface area contributed by atoms with Crippen molar-refractivity contribution in [2.24, 2.45) is 5.92 Å². The van der Waals surface area contributed by atoms with E-state index >= 15 is 0 Å². The number of esters is 1. The van der Waals surface area contributed by atoms with Gasteiger partial charge < -0.3 is 14.4 Å². The Bertz CT molecular complexity index is 749. The smallest absolute Gasteiger partial charge is 0.343 e. The molecule has 5 nitrogen and oxygen atoms in total. The third-order valence-electron chi connectivity index (χ3n) is 4.49. The summed E-state index contributed by atoms with van der Waals surface area (Å²) in [5.74, 6) is 0.862. The van der Waals surface area contributed by atoms with E-state index in [1.54, 1.807) is 6.07 Å². The third kappa shape index (κ3) is 3.90. The van der Waals surface area contributed by atoms with Crippen molar-refractivity contribution in [3.8, 4) is 5.88 Å². The number of nitrogens with zero attached hydrogens (tertiary/aromatic N) is 2. The standard InChI is InChI=1S/C19H21FN2O3/c1-24-18-16(19(23)25-2)7-8-17(21-18)22-10-9-14(12-22)11-13-3-5-15(20)6-4-13/h3-8,14H,9-12H2,1-2H3. The topological polar surface area (TPSA) is 51.7 Å². The van der Waals surface area contributed by atoms with Gasteiger partial charge in [0.15, 0.2) is 0 Å². The zero-order valence-electron chi connectivity index (χ0n) is 14.4. The van der Waals surface area contributed by atoms with Crippen molar-refractivity contribution < 1.29 is 18.7 Å². The van der Waals surface area contributed by atoms with Crippen LogP contribution in [0.2, 0.25) is 0 Å². The van der Waals surface area contributed by atoms with Crippen LogP contribution in [0.4, 0.5) is 10.2 Å². The van der Waals surface area contributed by atoms with E-state index in [0.29, 0.717) is 11.5 Å². The molecule has 1 saturated heterocycles. The summed E-state index contributed by atoms with van der Waals surface area (Å²) in [5, 5.41) is 0. The van der Waals surface area contributed by atoms with Crippen LogP contribution in [-0.2, 0) is 11.2 Å². The van der Waals surface area contributed by atoms with Gasteiger partial charge in [-0.1, -0.05) is 12.1 Å². The molecule has 3 rings (SSSR count). The van der Waals surface area contributed by atoms with Crippen LogP contribution in [-0.4, -0.2) is 38.3 Å². The summed E-state index contributed by atoms with van der Waals surface area (Å²) in [4.78, 5) is 18.3. The number of carbonyl (C=O) groups is 1. The SMILES string of the molecule is COC(=O)c1ccc(N2CCC(Cc3ccc(F)cc3)C2)nc1OC. The van der Waals surface area contributed by atoms with Crippen LogP contribution < -0.4 is 9.64 Å². The Kier molecular flexibility index (Phi) is 5.16. The van der Waals surface area contributed by atoms with E-state index in [2.05, 4.69) is 9.88 Å². The lowest BCUT2D eigenvalue weighted by Crippen LogP contribution is -2.22. The van der Waals surface area contributed by atoms with E-state index in [1.807, 2.05) is 18.2 Å². The van der Waals surface area contributed by atoms with Crippen LogP contribution in [0.3, 0.4) is 0 Å². The highest BCUT2D eigenvalue weighted by Crippen LogP contribution is 2.28. The first-order valence-corrected chi connectivity index (χ1v) is 8.23. The average molecular weight is 344 g/mol. The minimum atomic E-state index is -0.466. The monoisotopic (exact) mass is 344 g/mol. The second-order valence-electron chi connectivity index (χ2n) is 6.15. The second kappa shape index (κ2) is 7.51. The number of methoxy groups -OCH3 is 2. The van der Waals surface area contributed by atoms with Gasteiger partial charge in [0.05, 0.1) is 14.2 Å². The minimum absolute atomic E-state index is 0.209. The molecular formula is C19H21FN2O3. The Morgan fingerprint density at radius 3 is 2.68 bits per heavy atom. The maximum Gasteiger partial charge on any atom is 0.343 e. The molecular weight excluding hydrogens is 323 g/mol. The number of carbonyl (C=O) groups excluding carboxylic acids is 1. The third-order valence-corrected chi connectivity index (χ3v) is 4.49. The molecule has 1 atom stereocenters. The maximum atomic E-state index is 13.0. The highest BCUT2D eigenvalue weighted by atomic mass is 19.1. The molecule has 6 heteroatoms. The molecule has 132 valence electrons. The first-order valence-electron chi connectivity index (χ1n) is 8.23. The lowest BCUT2D eigenvalue weighted by Gasteiger charge is -2.19. The molecule has 0 bridgehead atoms. The molecule has 2 aromatic rings. The van der Waals surface area contributed by atoms with Crippen LogP contribution in [0.5, 0.6) is 5.88 Å². The minimum Gasteiger partial charge on any atom is -0.480 e. The number of halogens is 1. The highest BCUT2D eigenvalue weighted by Gasteiger charge is 2.25. The van der Waals surface area contributed by atoms with Crippen LogP contribution >= 0.6 is 0 Å². The zero-order valence-corrected chi connectivity index (χ0v) is 14.4. The highest BCUT2D eigenvalue weighted by molar-refractivity contribution is 5.92. The zero-order chi connectivity index (χ0) is 17.8. The maximum absolute atomic E-state index is 13.0. The fraction of sp³-hybridized carbons (Fsp3) is 0.368. The number of benzene rings is 1. The number of pyridine rings is 1. The normalized spacial score (nSPS) is 16.8. The van der Waals surface area contributed by atoms with Crippen molar-refractivity contribution in [3.05, 3.63) is 53.3 Å². The Hall–Kier alpha value is -2.63. The van der Waals surface area contributed by atoms with Crippen molar-refractivity contribution in [2.75, 3.05) is 32.2 Å². The molecule has 1 fully saturated rings. The molecule has 1 aliphatic rings. The summed E-state index contributed by atoms with van der Waals surface area (Å²) in [6, 6.07) is 10.2. The molecule has 25 heavy (non-hydrogen) atoms. The van der Waals surface area contributed by atoms with Gasteiger partial charge in [-0.15, -0.1) is 0 Å². The van der Waals surface area contributed by atoms with Gasteiger partial charge in [-0.25, -0.2) is 9.18 Å². The molecule has 0 amide bonds. The van der Waals surface area contributed by atoms with Crippen LogP contribution in [0.25, 0.3) is 0 Å². The fourth-order valence-corrected chi connectivity index (χ4v) is 3.19. The van der Waals surface area contributed by atoms with Gasteiger partial charge in [0, 0.05) is 13.1 Å². The van der Waals surface area contributed by atoms with E-state index in [4.69, 9.17) is 9.47 Å². The number of ether oxygens (including phenoxy) is 2. The summed E-state index contributed by atoms with van der Waals surface area (Å²) in [6.07, 6.45) is 1.95. The van der Waals surface area contributed by atoms with Gasteiger partial charge in [-0.2, -0.15) is 4.98 Å². The largest absolute Gasteiger partial charge is 0.480 e. The Morgan fingerprint density at radius 2 is 2.00 bits per heavy atom. The molecule has 0 aliphatic carbocycles. The van der Waals surface area contributed by atoms with Crippen molar-refractivity contribution in [3.63, 3.8) is 0 Å². The molecule has 0 N–H and O–H groups in total. The lowest BCUT2D eigenvalue weighted by molar-refractivity contribution is 0.0596.